The summed E-state index contributed by atoms with van der Waals surface area (Å²) in [6.07, 6.45) is 0.707. The zero-order chi connectivity index (χ0) is 26.7. The van der Waals surface area contributed by atoms with Crippen LogP contribution in [0.1, 0.15) is 68.2 Å². The lowest BCUT2D eigenvalue weighted by atomic mass is 9.90. The number of fused-ring (bicyclic) bond motifs is 1. The van der Waals surface area contributed by atoms with Crippen LogP contribution in [0, 0.1) is 6.92 Å². The van der Waals surface area contributed by atoms with Gasteiger partial charge in [0.05, 0.1) is 11.6 Å². The van der Waals surface area contributed by atoms with Crippen LogP contribution < -0.4 is 10.1 Å². The predicted octanol–water partition coefficient (Wildman–Crippen LogP) is 7.31. The summed E-state index contributed by atoms with van der Waals surface area (Å²) in [6, 6.07) is 7.95. The minimum Gasteiger partial charge on any atom is -0.478 e. The van der Waals surface area contributed by atoms with Gasteiger partial charge in [-0.05, 0) is 70.0 Å². The number of nitrogens with zero attached hydrogens (tertiary/aromatic N) is 1. The lowest BCUT2D eigenvalue weighted by Gasteiger charge is -2.29. The first-order chi connectivity index (χ1) is 16.9. The van der Waals surface area contributed by atoms with Gasteiger partial charge in [0.25, 0.3) is 6.43 Å². The Labute approximate surface area is 210 Å². The van der Waals surface area contributed by atoms with Gasteiger partial charge in [-0.1, -0.05) is 36.9 Å². The molecule has 2 N–H and O–H groups in total. The number of pyridine rings is 1. The highest BCUT2D eigenvalue weighted by atomic mass is 19.3. The lowest BCUT2D eigenvalue weighted by molar-refractivity contribution is -0.132. The van der Waals surface area contributed by atoms with Crippen LogP contribution in [0.25, 0.3) is 11.3 Å². The molecule has 1 atom stereocenters. The van der Waals surface area contributed by atoms with Crippen LogP contribution >= 0.6 is 0 Å². The number of ether oxygens (including phenoxy) is 1. The number of hydrogen-bond donors (Lipinski definition) is 2. The Balaban J connectivity index is 2.09. The van der Waals surface area contributed by atoms with E-state index in [-0.39, 0.29) is 23.0 Å². The summed E-state index contributed by atoms with van der Waals surface area (Å²) in [4.78, 5) is 15.8. The van der Waals surface area contributed by atoms with Gasteiger partial charge < -0.3 is 15.2 Å². The number of aliphatic carboxylic acids is 1. The molecule has 0 fully saturated rings. The Bertz CT molecular complexity index is 1340. The molecule has 3 rings (SSSR count). The molecule has 1 unspecified atom stereocenters. The molecule has 0 spiro atoms. The summed E-state index contributed by atoms with van der Waals surface area (Å²) in [5.74, 6) is -0.170. The fourth-order valence-corrected chi connectivity index (χ4v) is 3.86. The summed E-state index contributed by atoms with van der Waals surface area (Å²) >= 11 is 0. The number of halogens is 2. The average molecular weight is 493 g/mol. The maximum Gasteiger partial charge on any atom is 0.333 e. The number of carbonyl (C=O) groups is 1. The summed E-state index contributed by atoms with van der Waals surface area (Å²) in [6.45, 7) is 17.1. The molecular weight excluding hydrogens is 462 g/mol. The van der Waals surface area contributed by atoms with E-state index in [1.54, 1.807) is 18.2 Å². The molecule has 188 valence electrons. The van der Waals surface area contributed by atoms with E-state index in [1.807, 2.05) is 39.8 Å². The van der Waals surface area contributed by atoms with E-state index in [9.17, 15) is 18.7 Å². The molecule has 7 heteroatoms. The average Bonchev–Trinajstić information content (AvgIpc) is 2.83. The smallest absolute Gasteiger partial charge is 0.333 e. The van der Waals surface area contributed by atoms with E-state index in [2.05, 4.69) is 23.5 Å². The van der Waals surface area contributed by atoms with Crippen molar-refractivity contribution in [3.8, 4) is 5.75 Å². The van der Waals surface area contributed by atoms with Crippen molar-refractivity contribution in [2.75, 3.05) is 0 Å². The fraction of sp³-hybridized carbons (Fsp3) is 0.241. The number of aromatic nitrogens is 1. The van der Waals surface area contributed by atoms with E-state index in [1.165, 1.54) is 19.1 Å². The molecule has 0 saturated heterocycles. The van der Waals surface area contributed by atoms with Crippen molar-refractivity contribution in [3.63, 3.8) is 0 Å². The maximum atomic E-state index is 13.3. The fourth-order valence-electron chi connectivity index (χ4n) is 3.86. The Morgan fingerprint density at radius 2 is 1.89 bits per heavy atom. The van der Waals surface area contributed by atoms with Gasteiger partial charge in [-0.2, -0.15) is 0 Å². The summed E-state index contributed by atoms with van der Waals surface area (Å²) < 4.78 is 32.9. The normalized spacial score (nSPS) is 14.9. The van der Waals surface area contributed by atoms with Crippen molar-refractivity contribution in [3.05, 3.63) is 106 Å². The van der Waals surface area contributed by atoms with Gasteiger partial charge in [-0.25, -0.2) is 18.6 Å². The van der Waals surface area contributed by atoms with Gasteiger partial charge in [0.2, 0.25) is 0 Å². The molecule has 0 amide bonds. The van der Waals surface area contributed by atoms with E-state index >= 15 is 0 Å². The first kappa shape index (κ1) is 26.6. The number of aryl methyl sites for hydroxylation is 1. The van der Waals surface area contributed by atoms with Crippen molar-refractivity contribution in [2.24, 2.45) is 0 Å². The van der Waals surface area contributed by atoms with E-state index in [0.29, 0.717) is 28.4 Å². The quantitative estimate of drug-likeness (QED) is 0.299. The number of carboxylic acids is 1. The largest absolute Gasteiger partial charge is 0.478 e. The second-order valence-electron chi connectivity index (χ2n) is 8.90. The molecule has 36 heavy (non-hydrogen) atoms. The third kappa shape index (κ3) is 5.62. The first-order valence-corrected chi connectivity index (χ1v) is 11.4. The number of benzene rings is 1. The van der Waals surface area contributed by atoms with E-state index < -0.39 is 12.4 Å². The highest BCUT2D eigenvalue weighted by molar-refractivity contribution is 5.92. The van der Waals surface area contributed by atoms with Gasteiger partial charge in [0, 0.05) is 22.4 Å². The van der Waals surface area contributed by atoms with Gasteiger partial charge >= 0.3 is 5.97 Å². The van der Waals surface area contributed by atoms with Crippen LogP contribution in [0.15, 0.2) is 78.1 Å². The van der Waals surface area contributed by atoms with Crippen LogP contribution in [0.4, 0.5) is 8.78 Å². The topological polar surface area (TPSA) is 71.5 Å². The van der Waals surface area contributed by atoms with Crippen LogP contribution in [0.2, 0.25) is 0 Å². The third-order valence-electron chi connectivity index (χ3n) is 5.91. The third-order valence-corrected chi connectivity index (χ3v) is 5.91. The number of carboxylic acid groups (broad SMARTS) is 1. The SMILES string of the molecule is C=C(C)/C=C\C(NC(C)c1cc(C)cc2c1OC(c1cccc(C(F)F)n1)=C(C)C2=C)=C(/C)C(=O)O. The van der Waals surface area contributed by atoms with Crippen LogP contribution in [0.5, 0.6) is 5.75 Å². The molecule has 2 aromatic rings. The molecule has 0 bridgehead atoms. The van der Waals surface area contributed by atoms with Gasteiger partial charge in [-0.3, -0.25) is 0 Å². The van der Waals surface area contributed by atoms with Gasteiger partial charge in [0.15, 0.2) is 5.76 Å². The van der Waals surface area contributed by atoms with Crippen molar-refractivity contribution < 1.29 is 23.4 Å². The Hall–Kier alpha value is -4.00. The van der Waals surface area contributed by atoms with Crippen molar-refractivity contribution in [2.45, 2.75) is 47.1 Å². The summed E-state index contributed by atoms with van der Waals surface area (Å²) in [7, 11) is 0. The molecular formula is C29H30F2N2O3. The minimum absolute atomic E-state index is 0.149. The van der Waals surface area contributed by atoms with Crippen LogP contribution in [0.3, 0.4) is 0 Å². The first-order valence-electron chi connectivity index (χ1n) is 11.4. The Morgan fingerprint density at radius 1 is 1.19 bits per heavy atom. The zero-order valence-corrected chi connectivity index (χ0v) is 21.1. The number of nitrogens with one attached hydrogen (secondary N) is 1. The monoisotopic (exact) mass is 492 g/mol. The van der Waals surface area contributed by atoms with Crippen LogP contribution in [-0.2, 0) is 4.79 Å². The van der Waals surface area contributed by atoms with E-state index in [4.69, 9.17) is 4.74 Å². The molecule has 5 nitrogen and oxygen atoms in total. The molecule has 0 radical (unpaired) electrons. The van der Waals surface area contributed by atoms with Gasteiger partial charge in [-0.15, -0.1) is 0 Å². The second-order valence-corrected chi connectivity index (χ2v) is 8.90. The number of hydrogen-bond acceptors (Lipinski definition) is 4. The molecule has 1 aromatic heterocycles. The van der Waals surface area contributed by atoms with Gasteiger partial charge in [0.1, 0.15) is 17.1 Å². The molecule has 2 heterocycles. The highest BCUT2D eigenvalue weighted by Gasteiger charge is 2.28. The zero-order valence-electron chi connectivity index (χ0n) is 21.1. The molecule has 1 aliphatic rings. The molecule has 1 aromatic carbocycles. The maximum absolute atomic E-state index is 13.3. The van der Waals surface area contributed by atoms with E-state index in [0.717, 1.165) is 22.3 Å². The predicted molar refractivity (Wildman–Crippen MR) is 138 cm³/mol. The Morgan fingerprint density at radius 3 is 2.50 bits per heavy atom. The van der Waals surface area contributed by atoms with Crippen LogP contribution in [-0.4, -0.2) is 16.1 Å². The molecule has 1 aliphatic heterocycles. The highest BCUT2D eigenvalue weighted by Crippen LogP contribution is 2.44. The van der Waals surface area contributed by atoms with Crippen molar-refractivity contribution in [1.82, 2.24) is 10.3 Å². The Kier molecular flexibility index (Phi) is 7.93. The lowest BCUT2D eigenvalue weighted by Crippen LogP contribution is -2.22. The van der Waals surface area contributed by atoms with Crippen molar-refractivity contribution >= 4 is 17.3 Å². The number of allylic oxidation sites excluding steroid dienone is 5. The summed E-state index contributed by atoms with van der Waals surface area (Å²) in [5, 5.41) is 12.8. The number of rotatable bonds is 8. The number of alkyl halides is 2. The minimum atomic E-state index is -2.71. The second kappa shape index (κ2) is 10.7. The van der Waals surface area contributed by atoms with Crippen molar-refractivity contribution in [1.29, 1.82) is 0 Å². The standard InChI is InChI=1S/C29H30F2N2O3/c1-15(2)11-12-23(19(6)29(34)35)32-20(7)22-14-16(3)13-21-17(4)18(5)26(36-27(21)22)24-9-8-10-25(33-24)28(30)31/h8-14,20,28,32H,1,4H2,2-3,5-7H3,(H,34,35)/b12-11-,23-19-. The summed E-state index contributed by atoms with van der Waals surface area (Å²) in [5.41, 5.74) is 5.22. The molecule has 0 aliphatic carbocycles. The molecule has 0 saturated carbocycles.